The number of rotatable bonds is 3. The zero-order valence-electron chi connectivity index (χ0n) is 11.1. The van der Waals surface area contributed by atoms with Crippen LogP contribution in [0.5, 0.6) is 0 Å². The van der Waals surface area contributed by atoms with Crippen molar-refractivity contribution in [2.45, 2.75) is 13.8 Å². The second-order valence-electron chi connectivity index (χ2n) is 4.37. The summed E-state index contributed by atoms with van der Waals surface area (Å²) in [6, 6.07) is 15.3. The summed E-state index contributed by atoms with van der Waals surface area (Å²) < 4.78 is 0. The highest BCUT2D eigenvalue weighted by atomic mass is 16.2. The van der Waals surface area contributed by atoms with Crippen LogP contribution >= 0.6 is 0 Å². The molecule has 2 rings (SSSR count). The fourth-order valence-electron chi connectivity index (χ4n) is 1.78. The third-order valence-electron chi connectivity index (χ3n) is 2.95. The summed E-state index contributed by atoms with van der Waals surface area (Å²) in [5.74, 6) is -0.192. The van der Waals surface area contributed by atoms with E-state index in [0.29, 0.717) is 5.56 Å². The molecule has 0 aromatic heterocycles. The molecule has 0 bridgehead atoms. The normalized spacial score (nSPS) is 10.6. The lowest BCUT2D eigenvalue weighted by Gasteiger charge is -2.03. The maximum atomic E-state index is 11.9. The van der Waals surface area contributed by atoms with E-state index in [0.717, 1.165) is 16.7 Å². The third-order valence-corrected chi connectivity index (χ3v) is 2.95. The van der Waals surface area contributed by atoms with Crippen LogP contribution in [0, 0.1) is 13.8 Å². The minimum absolute atomic E-state index is 0.192. The zero-order valence-corrected chi connectivity index (χ0v) is 11.1. The first-order valence-electron chi connectivity index (χ1n) is 6.13. The van der Waals surface area contributed by atoms with E-state index in [9.17, 15) is 4.79 Å². The van der Waals surface area contributed by atoms with Crippen molar-refractivity contribution in [2.24, 2.45) is 5.10 Å². The quantitative estimate of drug-likeness (QED) is 0.662. The van der Waals surface area contributed by atoms with Crippen molar-refractivity contribution >= 4 is 12.1 Å². The van der Waals surface area contributed by atoms with Crippen LogP contribution in [-0.4, -0.2) is 12.1 Å². The molecule has 0 aliphatic heterocycles. The van der Waals surface area contributed by atoms with Gasteiger partial charge < -0.3 is 0 Å². The van der Waals surface area contributed by atoms with E-state index in [1.165, 1.54) is 0 Å². The number of amides is 1. The lowest BCUT2D eigenvalue weighted by molar-refractivity contribution is 0.0954. The molecule has 0 spiro atoms. The van der Waals surface area contributed by atoms with E-state index < -0.39 is 0 Å². The molecule has 0 atom stereocenters. The summed E-state index contributed by atoms with van der Waals surface area (Å²) in [6.07, 6.45) is 1.66. The van der Waals surface area contributed by atoms with Crippen molar-refractivity contribution in [3.8, 4) is 0 Å². The third kappa shape index (κ3) is 3.28. The largest absolute Gasteiger partial charge is 0.271 e. The van der Waals surface area contributed by atoms with Gasteiger partial charge >= 0.3 is 0 Å². The van der Waals surface area contributed by atoms with Gasteiger partial charge in [0, 0.05) is 5.56 Å². The van der Waals surface area contributed by atoms with E-state index in [4.69, 9.17) is 0 Å². The molecule has 1 amide bonds. The number of nitrogens with zero attached hydrogens (tertiary/aromatic N) is 1. The molecule has 96 valence electrons. The Kier molecular flexibility index (Phi) is 4.08. The Bertz CT molecular complexity index is 618. The summed E-state index contributed by atoms with van der Waals surface area (Å²) in [4.78, 5) is 11.9. The van der Waals surface area contributed by atoms with Gasteiger partial charge in [0.15, 0.2) is 0 Å². The number of carbonyl (C=O) groups is 1. The molecule has 0 heterocycles. The molecule has 0 unspecified atom stereocenters. The van der Waals surface area contributed by atoms with Gasteiger partial charge in [0.25, 0.3) is 5.91 Å². The van der Waals surface area contributed by atoms with Crippen LogP contribution in [0.2, 0.25) is 0 Å². The molecule has 0 saturated carbocycles. The minimum atomic E-state index is -0.192. The van der Waals surface area contributed by atoms with Crippen LogP contribution in [0.3, 0.4) is 0 Å². The standard InChI is InChI=1S/C16H16N2O/c1-12-7-3-5-9-14(12)11-17-18-16(19)15-10-6-4-8-13(15)2/h3-11H,1-2H3,(H,18,19)/b17-11+. The number of aryl methyl sites for hydroxylation is 2. The molecular weight excluding hydrogens is 236 g/mol. The van der Waals surface area contributed by atoms with Crippen LogP contribution in [0.1, 0.15) is 27.0 Å². The van der Waals surface area contributed by atoms with Gasteiger partial charge in [-0.25, -0.2) is 5.43 Å². The molecule has 2 aromatic rings. The van der Waals surface area contributed by atoms with Crippen LogP contribution in [0.25, 0.3) is 0 Å². The van der Waals surface area contributed by atoms with Gasteiger partial charge in [0.05, 0.1) is 6.21 Å². The van der Waals surface area contributed by atoms with Crippen molar-refractivity contribution < 1.29 is 4.79 Å². The highest BCUT2D eigenvalue weighted by Crippen LogP contribution is 2.06. The summed E-state index contributed by atoms with van der Waals surface area (Å²) in [5, 5.41) is 4.00. The average molecular weight is 252 g/mol. The van der Waals surface area contributed by atoms with Crippen LogP contribution in [0.4, 0.5) is 0 Å². The SMILES string of the molecule is Cc1ccccc1/C=N/NC(=O)c1ccccc1C. The number of hydrazone groups is 1. The maximum Gasteiger partial charge on any atom is 0.271 e. The molecule has 0 aliphatic carbocycles. The first kappa shape index (κ1) is 13.0. The van der Waals surface area contributed by atoms with Gasteiger partial charge in [0.2, 0.25) is 0 Å². The Morgan fingerprint density at radius 1 is 1.00 bits per heavy atom. The van der Waals surface area contributed by atoms with Crippen molar-refractivity contribution in [3.63, 3.8) is 0 Å². The van der Waals surface area contributed by atoms with Gasteiger partial charge in [-0.2, -0.15) is 5.10 Å². The predicted octanol–water partition coefficient (Wildman–Crippen LogP) is 3.07. The maximum absolute atomic E-state index is 11.9. The van der Waals surface area contributed by atoms with Crippen LogP contribution < -0.4 is 5.43 Å². The van der Waals surface area contributed by atoms with Crippen molar-refractivity contribution in [1.29, 1.82) is 0 Å². The molecule has 2 aromatic carbocycles. The van der Waals surface area contributed by atoms with Crippen LogP contribution in [0.15, 0.2) is 53.6 Å². The Labute approximate surface area is 113 Å². The molecule has 0 radical (unpaired) electrons. The van der Waals surface area contributed by atoms with E-state index >= 15 is 0 Å². The molecule has 0 aliphatic rings. The number of hydrogen-bond donors (Lipinski definition) is 1. The highest BCUT2D eigenvalue weighted by molar-refractivity contribution is 5.96. The van der Waals surface area contributed by atoms with Crippen LogP contribution in [-0.2, 0) is 0 Å². The Morgan fingerprint density at radius 3 is 2.32 bits per heavy atom. The fraction of sp³-hybridized carbons (Fsp3) is 0.125. The number of carbonyl (C=O) groups excluding carboxylic acids is 1. The molecule has 1 N–H and O–H groups in total. The summed E-state index contributed by atoms with van der Waals surface area (Å²) in [7, 11) is 0. The lowest BCUT2D eigenvalue weighted by atomic mass is 10.1. The number of benzene rings is 2. The van der Waals surface area contributed by atoms with Gasteiger partial charge in [0.1, 0.15) is 0 Å². The molecule has 0 fully saturated rings. The minimum Gasteiger partial charge on any atom is -0.267 e. The van der Waals surface area contributed by atoms with Gasteiger partial charge in [-0.05, 0) is 36.6 Å². The highest BCUT2D eigenvalue weighted by Gasteiger charge is 2.06. The van der Waals surface area contributed by atoms with Gasteiger partial charge in [-0.15, -0.1) is 0 Å². The Balaban J connectivity index is 2.06. The average Bonchev–Trinajstić information content (AvgIpc) is 2.41. The Hall–Kier alpha value is -2.42. The van der Waals surface area contributed by atoms with E-state index in [1.54, 1.807) is 12.3 Å². The van der Waals surface area contributed by atoms with Crippen molar-refractivity contribution in [2.75, 3.05) is 0 Å². The first-order chi connectivity index (χ1) is 9.18. The molecular formula is C16H16N2O. The predicted molar refractivity (Wildman–Crippen MR) is 77.4 cm³/mol. The first-order valence-corrected chi connectivity index (χ1v) is 6.13. The number of hydrogen-bond acceptors (Lipinski definition) is 2. The smallest absolute Gasteiger partial charge is 0.267 e. The van der Waals surface area contributed by atoms with Gasteiger partial charge in [-0.1, -0.05) is 42.5 Å². The lowest BCUT2D eigenvalue weighted by Crippen LogP contribution is -2.18. The monoisotopic (exact) mass is 252 g/mol. The van der Waals surface area contributed by atoms with E-state index in [-0.39, 0.29) is 5.91 Å². The van der Waals surface area contributed by atoms with Crippen molar-refractivity contribution in [1.82, 2.24) is 5.43 Å². The fourth-order valence-corrected chi connectivity index (χ4v) is 1.78. The summed E-state index contributed by atoms with van der Waals surface area (Å²) in [6.45, 7) is 3.91. The summed E-state index contributed by atoms with van der Waals surface area (Å²) in [5.41, 5.74) is 6.24. The molecule has 0 saturated heterocycles. The summed E-state index contributed by atoms with van der Waals surface area (Å²) >= 11 is 0. The molecule has 19 heavy (non-hydrogen) atoms. The molecule has 3 nitrogen and oxygen atoms in total. The van der Waals surface area contributed by atoms with E-state index in [1.807, 2.05) is 56.3 Å². The zero-order chi connectivity index (χ0) is 13.7. The second-order valence-corrected chi connectivity index (χ2v) is 4.37. The van der Waals surface area contributed by atoms with E-state index in [2.05, 4.69) is 10.5 Å². The van der Waals surface area contributed by atoms with Gasteiger partial charge in [-0.3, -0.25) is 4.79 Å². The topological polar surface area (TPSA) is 41.5 Å². The second kappa shape index (κ2) is 5.96. The van der Waals surface area contributed by atoms with Crippen molar-refractivity contribution in [3.05, 3.63) is 70.8 Å². The molecule has 3 heteroatoms. The Morgan fingerprint density at radius 2 is 1.63 bits per heavy atom. The number of nitrogens with one attached hydrogen (secondary N) is 1.